The first kappa shape index (κ1) is 86.8. The van der Waals surface area contributed by atoms with Crippen LogP contribution in [0.3, 0.4) is 0 Å². The molecule has 0 nitrogen and oxygen atoms in total. The monoisotopic (exact) mass is 1300 g/mol. The number of benzene rings is 7. The summed E-state index contributed by atoms with van der Waals surface area (Å²) in [6, 6.07) is 0. The van der Waals surface area contributed by atoms with E-state index in [1.165, 1.54) is 84.0 Å². The molecule has 0 heterocycles. The van der Waals surface area contributed by atoms with Crippen LogP contribution in [-0.4, -0.2) is 0 Å². The van der Waals surface area contributed by atoms with Gasteiger partial charge < -0.3 is 0 Å². The first-order chi connectivity index (χ1) is 42.0. The molecule has 8 rings (SSSR count). The molecule has 0 N–H and O–H groups in total. The van der Waals surface area contributed by atoms with Crippen molar-refractivity contribution in [3.05, 3.63) is 236 Å². The van der Waals surface area contributed by atoms with Crippen molar-refractivity contribution < 1.29 is 43.9 Å². The van der Waals surface area contributed by atoms with Gasteiger partial charge in [0, 0.05) is 11.1 Å². The van der Waals surface area contributed by atoms with Gasteiger partial charge in [-0.1, -0.05) is 47.0 Å². The third kappa shape index (κ3) is 20.4. The maximum absolute atomic E-state index is 13.4. The Hall–Kier alpha value is -6.16. The van der Waals surface area contributed by atoms with E-state index < -0.39 is 34.9 Å². The SMILES string of the molecule is C.CC1CCC(C)CC1.Cc1c(C)c(C)c(C)c(C)c1C.Cc1c(C)c(C)c(F)c(C)c1C.Cc1c(C)c(C)c(F)c(C)c1C.Cc1c(C)c(C)c(F)c(F)c1C.Cc1c(C)c(F)c(C)c(C)c1F.Cc1c(C)c(F)c(C)c(F)c1C.Cc1c(C)c(F)c(C)c(F)c1C. The molecular weight excluding hydrogens is 1190 g/mol. The summed E-state index contributed by atoms with van der Waals surface area (Å²) >= 11 is 0. The summed E-state index contributed by atoms with van der Waals surface area (Å²) in [6.07, 6.45) is 5.89. The summed E-state index contributed by atoms with van der Waals surface area (Å²) in [4.78, 5) is 0. The maximum atomic E-state index is 13.4. The summed E-state index contributed by atoms with van der Waals surface area (Å²) in [7, 11) is 0. The van der Waals surface area contributed by atoms with E-state index >= 15 is 0 Å². The van der Waals surface area contributed by atoms with Crippen LogP contribution < -0.4 is 0 Å². The molecule has 0 radical (unpaired) electrons. The Bertz CT molecular complexity index is 2380. The molecule has 0 spiro atoms. The third-order valence-corrected chi connectivity index (χ3v) is 21.4. The number of rotatable bonds is 0. The lowest BCUT2D eigenvalue weighted by Crippen LogP contribution is -2.08. The van der Waals surface area contributed by atoms with E-state index in [2.05, 4.69) is 55.4 Å². The first-order valence-corrected chi connectivity index (χ1v) is 32.2. The molecule has 1 aliphatic carbocycles. The highest BCUT2D eigenvalue weighted by atomic mass is 19.2. The zero-order valence-corrected chi connectivity index (χ0v) is 62.8. The minimum Gasteiger partial charge on any atom is -0.206 e. The molecule has 7 aromatic rings. The second-order valence-corrected chi connectivity index (χ2v) is 26.5. The van der Waals surface area contributed by atoms with Crippen LogP contribution in [0.1, 0.15) is 225 Å². The molecule has 0 atom stereocenters. The smallest absolute Gasteiger partial charge is 0.162 e. The average molecular weight is 1300 g/mol. The minimum absolute atomic E-state index is 0. The molecule has 1 saturated carbocycles. The van der Waals surface area contributed by atoms with Crippen molar-refractivity contribution >= 4 is 0 Å². The molecule has 518 valence electrons. The Kier molecular flexibility index (Phi) is 34.2. The molecule has 0 unspecified atom stereocenters. The van der Waals surface area contributed by atoms with Gasteiger partial charge in [0.25, 0.3) is 0 Å². The summed E-state index contributed by atoms with van der Waals surface area (Å²) in [6.45, 7) is 63.6. The molecule has 0 aromatic heterocycles. The predicted molar refractivity (Wildman–Crippen MR) is 380 cm³/mol. The van der Waals surface area contributed by atoms with Crippen molar-refractivity contribution in [2.75, 3.05) is 0 Å². The van der Waals surface area contributed by atoms with E-state index in [9.17, 15) is 43.9 Å². The fraction of sp³-hybridized carbons (Fsp3) is 0.494. The molecule has 0 saturated heterocycles. The van der Waals surface area contributed by atoms with Crippen molar-refractivity contribution in [2.45, 2.75) is 269 Å². The Balaban J connectivity index is 0.00000104. The first-order valence-electron chi connectivity index (χ1n) is 32.2. The molecule has 93 heavy (non-hydrogen) atoms. The van der Waals surface area contributed by atoms with Crippen LogP contribution in [0.5, 0.6) is 0 Å². The lowest BCUT2D eigenvalue weighted by atomic mass is 9.84. The summed E-state index contributed by atoms with van der Waals surface area (Å²) in [5, 5.41) is 0. The fourth-order valence-electron chi connectivity index (χ4n) is 11.0. The Morgan fingerprint density at radius 2 is 0.215 bits per heavy atom. The average Bonchev–Trinajstić information content (AvgIpc) is 2.45. The zero-order valence-electron chi connectivity index (χ0n) is 62.8. The van der Waals surface area contributed by atoms with E-state index in [0.717, 1.165) is 67.5 Å². The summed E-state index contributed by atoms with van der Waals surface area (Å²) < 4.78 is 132. The van der Waals surface area contributed by atoms with Gasteiger partial charge in [0.15, 0.2) is 11.6 Å². The summed E-state index contributed by atoms with van der Waals surface area (Å²) in [5.41, 5.74) is 26.6. The van der Waals surface area contributed by atoms with Gasteiger partial charge in [-0.3, -0.25) is 0 Å². The van der Waals surface area contributed by atoms with Crippen molar-refractivity contribution in [3.63, 3.8) is 0 Å². The molecule has 1 aliphatic rings. The number of halogens is 10. The maximum Gasteiger partial charge on any atom is 0.162 e. The van der Waals surface area contributed by atoms with Gasteiger partial charge in [0.05, 0.1) is 0 Å². The van der Waals surface area contributed by atoms with Crippen LogP contribution >= 0.6 is 0 Å². The molecule has 0 amide bonds. The Morgan fingerprint density at radius 1 is 0.140 bits per heavy atom. The third-order valence-electron chi connectivity index (χ3n) is 21.4. The van der Waals surface area contributed by atoms with Crippen LogP contribution in [0.2, 0.25) is 0 Å². The van der Waals surface area contributed by atoms with Crippen molar-refractivity contribution in [3.8, 4) is 0 Å². The van der Waals surface area contributed by atoms with E-state index in [1.54, 1.807) is 96.9 Å². The highest BCUT2D eigenvalue weighted by Crippen LogP contribution is 2.31. The van der Waals surface area contributed by atoms with Crippen LogP contribution in [0, 0.1) is 292 Å². The highest BCUT2D eigenvalue weighted by molar-refractivity contribution is 5.50. The molecule has 7 aromatic carbocycles. The van der Waals surface area contributed by atoms with E-state index in [0.29, 0.717) is 66.8 Å². The lowest BCUT2D eigenvalue weighted by Gasteiger charge is -2.22. The van der Waals surface area contributed by atoms with Gasteiger partial charge in [-0.25, -0.2) is 43.9 Å². The Labute approximate surface area is 557 Å². The highest BCUT2D eigenvalue weighted by Gasteiger charge is 2.19. The van der Waals surface area contributed by atoms with Crippen LogP contribution in [-0.2, 0) is 0 Å². The Morgan fingerprint density at radius 3 is 0.344 bits per heavy atom. The molecular formula is C83H116F10. The predicted octanol–water partition coefficient (Wildman–Crippen LogP) is 26.5. The quantitative estimate of drug-likeness (QED) is 0.133. The van der Waals surface area contributed by atoms with Gasteiger partial charge in [-0.15, -0.1) is 0 Å². The van der Waals surface area contributed by atoms with Crippen molar-refractivity contribution in [1.29, 1.82) is 0 Å². The largest absolute Gasteiger partial charge is 0.206 e. The zero-order chi connectivity index (χ0) is 72.2. The van der Waals surface area contributed by atoms with Crippen LogP contribution in [0.25, 0.3) is 0 Å². The summed E-state index contributed by atoms with van der Waals surface area (Å²) in [5.74, 6) is -1.73. The molecule has 1 fully saturated rings. The van der Waals surface area contributed by atoms with Gasteiger partial charge in [0.2, 0.25) is 0 Å². The normalized spacial score (nSPS) is 12.9. The van der Waals surface area contributed by atoms with Crippen LogP contribution in [0.4, 0.5) is 43.9 Å². The molecule has 10 heteroatoms. The van der Waals surface area contributed by atoms with E-state index in [-0.39, 0.29) is 41.8 Å². The van der Waals surface area contributed by atoms with E-state index in [1.807, 2.05) is 69.2 Å². The molecule has 0 bridgehead atoms. The number of hydrogen-bond acceptors (Lipinski definition) is 0. The van der Waals surface area contributed by atoms with Crippen molar-refractivity contribution in [2.24, 2.45) is 11.8 Å². The number of hydrogen-bond donors (Lipinski definition) is 0. The standard InChI is InChI=1S/C12H18.2C11H15F.4C10H12F2.C8H16.CH4/c1-7-8(2)10(4)12(6)11(5)9(7)3;2*1-6-7(2)9(4)11(12)10(5)8(6)3;1-5-6(2)10(12)8(4)7(3)9(5)11;2*1-5-6(2)9(11)8(4)10(12)7(5)3;1-5-6(2)8(4)10(12)9(11)7(5)3;1-7-3-5-8(2)6-4-7;/h1-6H3;2*1-5H3;4*1-4H3;7-8H,3-6H2,1-2H3;1H4. The molecule has 0 aliphatic heterocycles. The van der Waals surface area contributed by atoms with Crippen molar-refractivity contribution in [1.82, 2.24) is 0 Å². The minimum atomic E-state index is -0.712. The van der Waals surface area contributed by atoms with Gasteiger partial charge in [-0.05, 0) is 400 Å². The second kappa shape index (κ2) is 36.7. The second-order valence-electron chi connectivity index (χ2n) is 26.5. The lowest BCUT2D eigenvalue weighted by molar-refractivity contribution is 0.308. The fourth-order valence-corrected chi connectivity index (χ4v) is 11.0. The van der Waals surface area contributed by atoms with Gasteiger partial charge in [0.1, 0.15) is 46.5 Å². The van der Waals surface area contributed by atoms with Gasteiger partial charge >= 0.3 is 0 Å². The van der Waals surface area contributed by atoms with Crippen LogP contribution in [0.15, 0.2) is 0 Å². The topological polar surface area (TPSA) is 0 Å². The van der Waals surface area contributed by atoms with Gasteiger partial charge in [-0.2, -0.15) is 0 Å². The van der Waals surface area contributed by atoms with E-state index in [4.69, 9.17) is 0 Å².